The van der Waals surface area contributed by atoms with Gasteiger partial charge in [0.2, 0.25) is 11.9 Å². The molecule has 0 aliphatic carbocycles. The summed E-state index contributed by atoms with van der Waals surface area (Å²) in [4.78, 5) is 28.1. The molecule has 6 nitrogen and oxygen atoms in total. The van der Waals surface area contributed by atoms with Gasteiger partial charge in [-0.05, 0) is 30.5 Å². The summed E-state index contributed by atoms with van der Waals surface area (Å²) in [6.45, 7) is 3.15. The first kappa shape index (κ1) is 14.8. The molecular weight excluding hydrogens is 314 g/mol. The van der Waals surface area contributed by atoms with E-state index in [1.807, 2.05) is 23.1 Å². The van der Waals surface area contributed by atoms with E-state index in [0.29, 0.717) is 18.6 Å². The lowest BCUT2D eigenvalue weighted by Crippen LogP contribution is -2.70. The molecule has 2 aromatic rings. The van der Waals surface area contributed by atoms with Gasteiger partial charge >= 0.3 is 0 Å². The molecule has 25 heavy (non-hydrogen) atoms. The molecule has 1 amide bonds. The maximum absolute atomic E-state index is 12.8. The Hall–Kier alpha value is -2.47. The average Bonchev–Trinajstić information content (AvgIpc) is 3.11. The van der Waals surface area contributed by atoms with E-state index >= 15 is 0 Å². The number of hydrogen-bond donors (Lipinski definition) is 0. The largest absolute Gasteiger partial charge is 0.338 e. The van der Waals surface area contributed by atoms with Gasteiger partial charge in [-0.1, -0.05) is 18.2 Å². The number of piperazine rings is 1. The number of piperidine rings is 1. The van der Waals surface area contributed by atoms with Crippen LogP contribution < -0.4 is 9.80 Å². The highest BCUT2D eigenvalue weighted by atomic mass is 16.2. The first-order chi connectivity index (χ1) is 12.3. The van der Waals surface area contributed by atoms with Gasteiger partial charge in [-0.25, -0.2) is 9.97 Å². The number of anilines is 2. The fourth-order valence-electron chi connectivity index (χ4n) is 4.40. The Labute approximate surface area is 147 Å². The topological polar surface area (TPSA) is 52.6 Å². The van der Waals surface area contributed by atoms with Crippen molar-refractivity contribution in [3.05, 3.63) is 48.3 Å². The van der Waals surface area contributed by atoms with Crippen LogP contribution >= 0.6 is 0 Å². The van der Waals surface area contributed by atoms with E-state index in [4.69, 9.17) is 0 Å². The molecule has 0 saturated carbocycles. The van der Waals surface area contributed by atoms with Crippen LogP contribution in [0.1, 0.15) is 12.0 Å². The van der Waals surface area contributed by atoms with E-state index in [2.05, 4.69) is 31.9 Å². The second kappa shape index (κ2) is 5.81. The van der Waals surface area contributed by atoms with E-state index in [-0.39, 0.29) is 5.91 Å². The maximum Gasteiger partial charge on any atom is 0.241 e. The zero-order valence-corrected chi connectivity index (χ0v) is 14.1. The Kier molecular flexibility index (Phi) is 3.45. The molecule has 2 atom stereocenters. The second-order valence-corrected chi connectivity index (χ2v) is 7.09. The van der Waals surface area contributed by atoms with Gasteiger partial charge in [0, 0.05) is 49.8 Å². The van der Waals surface area contributed by atoms with Gasteiger partial charge in [-0.15, -0.1) is 0 Å². The summed E-state index contributed by atoms with van der Waals surface area (Å²) in [7, 11) is 0. The number of carbonyl (C=O) groups is 1. The highest BCUT2D eigenvalue weighted by Crippen LogP contribution is 2.34. The predicted molar refractivity (Wildman–Crippen MR) is 95.6 cm³/mol. The molecule has 3 fully saturated rings. The van der Waals surface area contributed by atoms with Crippen LogP contribution in [0, 0.1) is 0 Å². The zero-order chi connectivity index (χ0) is 16.8. The van der Waals surface area contributed by atoms with Gasteiger partial charge in [0.25, 0.3) is 0 Å². The highest BCUT2D eigenvalue weighted by Gasteiger charge is 2.46. The fraction of sp³-hybridized carbons (Fsp3) is 0.421. The molecule has 1 aromatic carbocycles. The third-order valence-corrected chi connectivity index (χ3v) is 5.69. The molecule has 2 unspecified atom stereocenters. The number of aromatic nitrogens is 2. The number of nitrogens with zero attached hydrogens (tertiary/aromatic N) is 5. The van der Waals surface area contributed by atoms with Crippen LogP contribution in [-0.4, -0.2) is 59.0 Å². The van der Waals surface area contributed by atoms with Crippen molar-refractivity contribution >= 4 is 17.5 Å². The predicted octanol–water partition coefficient (Wildman–Crippen LogP) is 1.33. The monoisotopic (exact) mass is 335 g/mol. The summed E-state index contributed by atoms with van der Waals surface area (Å²) < 4.78 is 0. The molecule has 4 aliphatic heterocycles. The Morgan fingerprint density at radius 3 is 2.64 bits per heavy atom. The van der Waals surface area contributed by atoms with Crippen molar-refractivity contribution in [3.63, 3.8) is 0 Å². The molecule has 0 N–H and O–H groups in total. The number of rotatable bonds is 3. The van der Waals surface area contributed by atoms with Crippen LogP contribution in [0.4, 0.5) is 11.6 Å². The Morgan fingerprint density at radius 2 is 1.84 bits per heavy atom. The summed E-state index contributed by atoms with van der Waals surface area (Å²) in [5.41, 5.74) is 2.38. The van der Waals surface area contributed by atoms with Gasteiger partial charge in [-0.2, -0.15) is 0 Å². The van der Waals surface area contributed by atoms with Crippen molar-refractivity contribution in [2.24, 2.45) is 0 Å². The SMILES string of the molecule is O=C(CN1C2CC1CN(c1ncccn1)C2)N1CCc2ccccc21. The van der Waals surface area contributed by atoms with Crippen molar-refractivity contribution in [2.75, 3.05) is 36.0 Å². The van der Waals surface area contributed by atoms with Crippen LogP contribution in [0.15, 0.2) is 42.7 Å². The summed E-state index contributed by atoms with van der Waals surface area (Å²) in [5, 5.41) is 0. The number of carbonyl (C=O) groups excluding carboxylic acids is 1. The summed E-state index contributed by atoms with van der Waals surface area (Å²) in [6, 6.07) is 11.0. The fourth-order valence-corrected chi connectivity index (χ4v) is 4.40. The summed E-state index contributed by atoms with van der Waals surface area (Å²) in [5.74, 6) is 1.03. The van der Waals surface area contributed by atoms with Gasteiger partial charge in [0.1, 0.15) is 0 Å². The molecule has 6 heteroatoms. The minimum atomic E-state index is 0.226. The zero-order valence-electron chi connectivity index (χ0n) is 14.1. The molecule has 1 aromatic heterocycles. The Balaban J connectivity index is 1.25. The van der Waals surface area contributed by atoms with Crippen LogP contribution in [0.25, 0.3) is 0 Å². The van der Waals surface area contributed by atoms with E-state index in [1.54, 1.807) is 12.4 Å². The van der Waals surface area contributed by atoms with Crippen molar-refractivity contribution < 1.29 is 4.79 Å². The van der Waals surface area contributed by atoms with Gasteiger partial charge < -0.3 is 9.80 Å². The average molecular weight is 335 g/mol. The second-order valence-electron chi connectivity index (χ2n) is 7.09. The number of para-hydroxylation sites is 1. The third-order valence-electron chi connectivity index (χ3n) is 5.69. The summed E-state index contributed by atoms with van der Waals surface area (Å²) >= 11 is 0. The molecule has 0 radical (unpaired) electrons. The van der Waals surface area contributed by atoms with Crippen molar-refractivity contribution in [1.82, 2.24) is 14.9 Å². The number of amides is 1. The molecule has 128 valence electrons. The Bertz CT molecular complexity index is 783. The molecule has 3 saturated heterocycles. The van der Waals surface area contributed by atoms with Gasteiger partial charge in [-0.3, -0.25) is 9.69 Å². The Morgan fingerprint density at radius 1 is 1.08 bits per heavy atom. The van der Waals surface area contributed by atoms with E-state index < -0.39 is 0 Å². The molecule has 2 bridgehead atoms. The molecular formula is C19H21N5O. The maximum atomic E-state index is 12.8. The lowest BCUT2D eigenvalue weighted by Gasteiger charge is -2.56. The van der Waals surface area contributed by atoms with E-state index in [1.165, 1.54) is 12.0 Å². The van der Waals surface area contributed by atoms with Crippen LogP contribution in [0.5, 0.6) is 0 Å². The van der Waals surface area contributed by atoms with Crippen LogP contribution in [0.2, 0.25) is 0 Å². The van der Waals surface area contributed by atoms with Crippen molar-refractivity contribution in [3.8, 4) is 0 Å². The number of fused-ring (bicyclic) bond motifs is 3. The van der Waals surface area contributed by atoms with E-state index in [9.17, 15) is 4.79 Å². The lowest BCUT2D eigenvalue weighted by molar-refractivity contribution is -0.124. The molecule has 0 spiro atoms. The third kappa shape index (κ3) is 2.48. The van der Waals surface area contributed by atoms with E-state index in [0.717, 1.165) is 37.7 Å². The van der Waals surface area contributed by atoms with Gasteiger partial charge in [0.15, 0.2) is 0 Å². The molecule has 6 rings (SSSR count). The standard InChI is InChI=1S/C19H21N5O/c25-18(23-9-6-14-4-1-2-5-17(14)23)13-24-15-10-16(24)12-22(11-15)19-20-7-3-8-21-19/h1-5,7-8,15-16H,6,9-13H2. The summed E-state index contributed by atoms with van der Waals surface area (Å²) in [6.07, 6.45) is 5.71. The van der Waals surface area contributed by atoms with Crippen molar-refractivity contribution in [2.45, 2.75) is 24.9 Å². The van der Waals surface area contributed by atoms with Gasteiger partial charge in [0.05, 0.1) is 6.54 Å². The smallest absolute Gasteiger partial charge is 0.241 e. The number of benzene rings is 1. The minimum absolute atomic E-state index is 0.226. The lowest BCUT2D eigenvalue weighted by atomic mass is 9.87. The normalized spacial score (nSPS) is 24.8. The highest BCUT2D eigenvalue weighted by molar-refractivity contribution is 5.96. The number of hydrogen-bond acceptors (Lipinski definition) is 5. The quantitative estimate of drug-likeness (QED) is 0.847. The molecule has 5 heterocycles. The van der Waals surface area contributed by atoms with Crippen molar-refractivity contribution in [1.29, 1.82) is 0 Å². The first-order valence-corrected chi connectivity index (χ1v) is 8.95. The minimum Gasteiger partial charge on any atom is -0.338 e. The molecule has 4 aliphatic rings. The van der Waals surface area contributed by atoms with Crippen LogP contribution in [0.3, 0.4) is 0 Å². The first-order valence-electron chi connectivity index (χ1n) is 8.95. The van der Waals surface area contributed by atoms with Crippen LogP contribution in [-0.2, 0) is 11.2 Å².